The number of carbonyl (C=O) groups is 2. The van der Waals surface area contributed by atoms with E-state index in [1.807, 2.05) is 38.2 Å². The number of para-hydroxylation sites is 1. The van der Waals surface area contributed by atoms with Gasteiger partial charge in [0.15, 0.2) is 0 Å². The number of aryl methyl sites for hydroxylation is 1. The number of amides is 2. The van der Waals surface area contributed by atoms with E-state index in [0.29, 0.717) is 0 Å². The Morgan fingerprint density at radius 3 is 2.71 bits per heavy atom. The van der Waals surface area contributed by atoms with Crippen molar-refractivity contribution in [3.8, 4) is 0 Å². The van der Waals surface area contributed by atoms with Gasteiger partial charge in [-0.15, -0.1) is 0 Å². The summed E-state index contributed by atoms with van der Waals surface area (Å²) >= 11 is 0. The lowest BCUT2D eigenvalue weighted by atomic mass is 10.2. The summed E-state index contributed by atoms with van der Waals surface area (Å²) in [5.74, 6) is -0.381. The van der Waals surface area contributed by atoms with Crippen LogP contribution in [0.4, 0.5) is 5.69 Å². The number of hydrogen-bond acceptors (Lipinski definition) is 3. The van der Waals surface area contributed by atoms with Crippen LogP contribution in [-0.2, 0) is 9.59 Å². The molecule has 1 aliphatic rings. The van der Waals surface area contributed by atoms with Gasteiger partial charge >= 0.3 is 0 Å². The number of nitrogens with one attached hydrogen (secondary N) is 1. The first-order valence-corrected chi connectivity index (χ1v) is 7.27. The zero-order chi connectivity index (χ0) is 15.4. The molecule has 5 nitrogen and oxygen atoms in total. The highest BCUT2D eigenvalue weighted by Gasteiger charge is 2.27. The normalized spacial score (nSPS) is 18.5. The van der Waals surface area contributed by atoms with Crippen molar-refractivity contribution in [2.75, 3.05) is 32.5 Å². The number of anilines is 1. The van der Waals surface area contributed by atoms with Gasteiger partial charge in [-0.05, 0) is 38.6 Å². The van der Waals surface area contributed by atoms with Crippen molar-refractivity contribution in [3.05, 3.63) is 29.8 Å². The van der Waals surface area contributed by atoms with Crippen molar-refractivity contribution >= 4 is 17.5 Å². The lowest BCUT2D eigenvalue weighted by Crippen LogP contribution is -2.40. The fourth-order valence-electron chi connectivity index (χ4n) is 2.60. The maximum atomic E-state index is 12.2. The van der Waals surface area contributed by atoms with Crippen LogP contribution in [0.1, 0.15) is 18.4 Å². The largest absolute Gasteiger partial charge is 0.341 e. The van der Waals surface area contributed by atoms with Gasteiger partial charge in [-0.3, -0.25) is 9.59 Å². The Morgan fingerprint density at radius 1 is 1.38 bits per heavy atom. The first kappa shape index (κ1) is 15.5. The van der Waals surface area contributed by atoms with Gasteiger partial charge in [-0.2, -0.15) is 0 Å². The van der Waals surface area contributed by atoms with Gasteiger partial charge in [0.25, 0.3) is 0 Å². The molecule has 1 saturated heterocycles. The first-order chi connectivity index (χ1) is 9.97. The third-order valence-corrected chi connectivity index (χ3v) is 4.04. The van der Waals surface area contributed by atoms with Crippen molar-refractivity contribution < 1.29 is 9.59 Å². The molecular weight excluding hydrogens is 266 g/mol. The van der Waals surface area contributed by atoms with Crippen LogP contribution in [0.5, 0.6) is 0 Å². The van der Waals surface area contributed by atoms with Crippen LogP contribution in [-0.4, -0.2) is 54.8 Å². The second kappa shape index (κ2) is 6.72. The Balaban J connectivity index is 1.87. The number of likely N-dealkylation sites (N-methyl/N-ethyl adjacent to an activating group) is 2. The van der Waals surface area contributed by atoms with Crippen molar-refractivity contribution in [1.82, 2.24) is 9.80 Å². The van der Waals surface area contributed by atoms with E-state index < -0.39 is 0 Å². The van der Waals surface area contributed by atoms with Crippen LogP contribution in [0, 0.1) is 6.92 Å². The molecule has 0 spiro atoms. The molecule has 0 aromatic heterocycles. The van der Waals surface area contributed by atoms with E-state index in [1.54, 1.807) is 11.9 Å². The second-order valence-electron chi connectivity index (χ2n) is 5.75. The minimum Gasteiger partial charge on any atom is -0.341 e. The van der Waals surface area contributed by atoms with E-state index in [-0.39, 0.29) is 24.3 Å². The lowest BCUT2D eigenvalue weighted by Gasteiger charge is -2.24. The van der Waals surface area contributed by atoms with Crippen LogP contribution in [0.15, 0.2) is 24.3 Å². The van der Waals surface area contributed by atoms with Gasteiger partial charge in [-0.1, -0.05) is 18.2 Å². The van der Waals surface area contributed by atoms with Crippen molar-refractivity contribution in [3.63, 3.8) is 0 Å². The Hall–Kier alpha value is -1.88. The van der Waals surface area contributed by atoms with E-state index in [0.717, 1.165) is 30.8 Å². The zero-order valence-electron chi connectivity index (χ0n) is 12.9. The molecule has 0 radical (unpaired) electrons. The zero-order valence-corrected chi connectivity index (χ0v) is 12.9. The molecule has 1 aliphatic heterocycles. The number of nitrogens with zero attached hydrogens (tertiary/aromatic N) is 2. The smallest absolute Gasteiger partial charge is 0.233 e. The predicted molar refractivity (Wildman–Crippen MR) is 83.1 cm³/mol. The maximum Gasteiger partial charge on any atom is 0.233 e. The van der Waals surface area contributed by atoms with Gasteiger partial charge in [-0.25, -0.2) is 0 Å². The Labute approximate surface area is 125 Å². The van der Waals surface area contributed by atoms with Crippen LogP contribution in [0.2, 0.25) is 0 Å². The summed E-state index contributed by atoms with van der Waals surface area (Å²) in [6, 6.07) is 7.77. The number of benzene rings is 1. The molecule has 21 heavy (non-hydrogen) atoms. The van der Waals surface area contributed by atoms with Crippen LogP contribution in [0.3, 0.4) is 0 Å². The summed E-state index contributed by atoms with van der Waals surface area (Å²) in [7, 11) is 3.83. The molecule has 2 amide bonds. The van der Waals surface area contributed by atoms with Crippen LogP contribution < -0.4 is 5.32 Å². The van der Waals surface area contributed by atoms with E-state index in [9.17, 15) is 9.59 Å². The van der Waals surface area contributed by atoms with E-state index in [2.05, 4.69) is 10.2 Å². The van der Waals surface area contributed by atoms with Crippen molar-refractivity contribution in [1.29, 1.82) is 0 Å². The van der Waals surface area contributed by atoms with Gasteiger partial charge in [0.1, 0.15) is 6.42 Å². The lowest BCUT2D eigenvalue weighted by molar-refractivity contribution is -0.135. The molecule has 2 rings (SSSR count). The summed E-state index contributed by atoms with van der Waals surface area (Å²) in [6.45, 7) is 3.80. The molecule has 1 atom stereocenters. The average molecular weight is 289 g/mol. The molecule has 0 unspecified atom stereocenters. The summed E-state index contributed by atoms with van der Waals surface area (Å²) in [6.07, 6.45) is 0.864. The van der Waals surface area contributed by atoms with Crippen molar-refractivity contribution in [2.24, 2.45) is 0 Å². The third kappa shape index (κ3) is 4.04. The van der Waals surface area contributed by atoms with E-state index in [4.69, 9.17) is 0 Å². The van der Waals surface area contributed by atoms with E-state index in [1.165, 1.54) is 0 Å². The molecule has 0 saturated carbocycles. The standard InChI is InChI=1S/C16H23N3O2/c1-12-6-4-5-7-14(12)17-15(20)10-16(21)19(3)13-8-9-18(2)11-13/h4-7,13H,8-11H2,1-3H3,(H,17,20)/t13-/m1/s1. The van der Waals surface area contributed by atoms with E-state index >= 15 is 0 Å². The molecule has 5 heteroatoms. The summed E-state index contributed by atoms with van der Waals surface area (Å²) in [4.78, 5) is 28.1. The summed E-state index contributed by atoms with van der Waals surface area (Å²) in [5.41, 5.74) is 1.75. The Bertz CT molecular complexity index is 530. The minimum atomic E-state index is -0.257. The fourth-order valence-corrected chi connectivity index (χ4v) is 2.60. The third-order valence-electron chi connectivity index (χ3n) is 4.04. The highest BCUT2D eigenvalue weighted by atomic mass is 16.2. The molecule has 1 aromatic carbocycles. The summed E-state index contributed by atoms with van der Waals surface area (Å²) < 4.78 is 0. The molecule has 0 aliphatic carbocycles. The van der Waals surface area contributed by atoms with Crippen LogP contribution >= 0.6 is 0 Å². The number of hydrogen-bond donors (Lipinski definition) is 1. The summed E-state index contributed by atoms with van der Waals surface area (Å²) in [5, 5.41) is 2.80. The quantitative estimate of drug-likeness (QED) is 0.854. The topological polar surface area (TPSA) is 52.7 Å². The van der Waals surface area contributed by atoms with Crippen LogP contribution in [0.25, 0.3) is 0 Å². The number of likely N-dealkylation sites (tertiary alicyclic amines) is 1. The molecule has 1 N–H and O–H groups in total. The molecule has 1 heterocycles. The Kier molecular flexibility index (Phi) is 4.96. The number of rotatable bonds is 4. The molecule has 0 bridgehead atoms. The van der Waals surface area contributed by atoms with Crippen molar-refractivity contribution in [2.45, 2.75) is 25.8 Å². The fraction of sp³-hybridized carbons (Fsp3) is 0.500. The second-order valence-corrected chi connectivity index (χ2v) is 5.75. The maximum absolute atomic E-state index is 12.2. The monoisotopic (exact) mass is 289 g/mol. The molecular formula is C16H23N3O2. The van der Waals surface area contributed by atoms with Gasteiger partial charge in [0, 0.05) is 25.3 Å². The number of carbonyl (C=O) groups excluding carboxylic acids is 2. The van der Waals surface area contributed by atoms with Gasteiger partial charge in [0.2, 0.25) is 11.8 Å². The Morgan fingerprint density at radius 2 is 2.10 bits per heavy atom. The SMILES string of the molecule is Cc1ccccc1NC(=O)CC(=O)N(C)[C@@H]1CCN(C)C1. The van der Waals surface area contributed by atoms with Gasteiger partial charge < -0.3 is 15.1 Å². The average Bonchev–Trinajstić information content (AvgIpc) is 2.87. The minimum absolute atomic E-state index is 0.106. The molecule has 1 fully saturated rings. The highest BCUT2D eigenvalue weighted by molar-refractivity contribution is 6.03. The molecule has 114 valence electrons. The first-order valence-electron chi connectivity index (χ1n) is 7.27. The predicted octanol–water partition coefficient (Wildman–Crippen LogP) is 1.49. The van der Waals surface area contributed by atoms with Gasteiger partial charge in [0.05, 0.1) is 0 Å². The highest BCUT2D eigenvalue weighted by Crippen LogP contribution is 2.15. The molecule has 1 aromatic rings.